The maximum Gasteiger partial charge on any atom is 0.426 e. The molecule has 0 saturated heterocycles. The predicted octanol–water partition coefficient (Wildman–Crippen LogP) is 3.68. The molecule has 0 fully saturated rings. The summed E-state index contributed by atoms with van der Waals surface area (Å²) in [5.41, 5.74) is 0.177. The Balaban J connectivity index is 2.98. The molecule has 1 aromatic heterocycles. The molecule has 1 rings (SSSR count). The third-order valence-electron chi connectivity index (χ3n) is 1.24. The third-order valence-corrected chi connectivity index (χ3v) is 1.76. The zero-order valence-corrected chi connectivity index (χ0v) is 8.08. The molecule has 0 aliphatic rings. The van der Waals surface area contributed by atoms with Crippen molar-refractivity contribution in [3.8, 4) is 0 Å². The summed E-state index contributed by atoms with van der Waals surface area (Å²) in [7, 11) is 0. The SMILES string of the molecule is FC(F)(F)/C(Cl)=C\c1cn[c]c(Cl)c1. The Morgan fingerprint density at radius 1 is 1.50 bits per heavy atom. The Morgan fingerprint density at radius 3 is 2.64 bits per heavy atom. The molecule has 14 heavy (non-hydrogen) atoms. The summed E-state index contributed by atoms with van der Waals surface area (Å²) in [5.74, 6) is 0. The third kappa shape index (κ3) is 3.20. The summed E-state index contributed by atoms with van der Waals surface area (Å²) >= 11 is 10.5. The van der Waals surface area contributed by atoms with Gasteiger partial charge in [-0.3, -0.25) is 4.98 Å². The summed E-state index contributed by atoms with van der Waals surface area (Å²) in [4.78, 5) is 3.49. The largest absolute Gasteiger partial charge is 0.426 e. The zero-order chi connectivity index (χ0) is 10.8. The molecule has 1 radical (unpaired) electrons. The van der Waals surface area contributed by atoms with E-state index in [1.54, 1.807) is 0 Å². The standard InChI is InChI=1S/C8H3Cl2F3N/c9-6-1-5(3-14-4-6)2-7(10)8(11,12)13/h1-3H/b7-2+. The Kier molecular flexibility index (Phi) is 3.39. The normalized spacial score (nSPS) is 13.1. The molecule has 0 aromatic carbocycles. The molecular formula is C8H3Cl2F3N. The second-order valence-electron chi connectivity index (χ2n) is 2.35. The first-order chi connectivity index (χ1) is 6.39. The van der Waals surface area contributed by atoms with Crippen LogP contribution in [0, 0.1) is 6.20 Å². The lowest BCUT2D eigenvalue weighted by Crippen LogP contribution is -2.06. The van der Waals surface area contributed by atoms with Gasteiger partial charge in [-0.2, -0.15) is 13.2 Å². The monoisotopic (exact) mass is 240 g/mol. The Bertz CT molecular complexity index is 360. The molecule has 0 N–H and O–H groups in total. The molecule has 0 aliphatic carbocycles. The van der Waals surface area contributed by atoms with Gasteiger partial charge in [0.2, 0.25) is 0 Å². The van der Waals surface area contributed by atoms with Gasteiger partial charge in [0.25, 0.3) is 0 Å². The Labute approximate surface area is 88.2 Å². The lowest BCUT2D eigenvalue weighted by atomic mass is 10.2. The van der Waals surface area contributed by atoms with E-state index in [1.165, 1.54) is 12.3 Å². The van der Waals surface area contributed by atoms with E-state index in [1.807, 2.05) is 0 Å². The fourth-order valence-corrected chi connectivity index (χ4v) is 0.992. The molecule has 0 aliphatic heterocycles. The Morgan fingerprint density at radius 2 is 2.14 bits per heavy atom. The fraction of sp³-hybridized carbons (Fsp3) is 0.125. The summed E-state index contributed by atoms with van der Waals surface area (Å²) < 4.78 is 35.9. The molecule has 0 unspecified atom stereocenters. The van der Waals surface area contributed by atoms with Crippen molar-refractivity contribution in [2.45, 2.75) is 6.18 Å². The van der Waals surface area contributed by atoms with Gasteiger partial charge in [0, 0.05) is 6.20 Å². The predicted molar refractivity (Wildman–Crippen MR) is 48.0 cm³/mol. The van der Waals surface area contributed by atoms with Gasteiger partial charge in [-0.1, -0.05) is 23.2 Å². The van der Waals surface area contributed by atoms with Gasteiger partial charge in [0.05, 0.1) is 5.02 Å². The van der Waals surface area contributed by atoms with Crippen molar-refractivity contribution in [3.63, 3.8) is 0 Å². The van der Waals surface area contributed by atoms with Crippen LogP contribution in [0.1, 0.15) is 5.56 Å². The molecule has 0 atom stereocenters. The minimum Gasteiger partial charge on any atom is -0.252 e. The first kappa shape index (κ1) is 11.3. The maximum absolute atomic E-state index is 12.0. The molecule has 1 heterocycles. The summed E-state index contributed by atoms with van der Waals surface area (Å²) in [5, 5.41) is -1.09. The van der Waals surface area contributed by atoms with Crippen molar-refractivity contribution in [1.82, 2.24) is 4.98 Å². The van der Waals surface area contributed by atoms with Crippen LogP contribution in [0.25, 0.3) is 6.08 Å². The highest BCUT2D eigenvalue weighted by molar-refractivity contribution is 6.32. The molecule has 0 saturated carbocycles. The molecule has 1 aromatic rings. The van der Waals surface area contributed by atoms with Crippen LogP contribution in [-0.4, -0.2) is 11.2 Å². The maximum atomic E-state index is 12.0. The average Bonchev–Trinajstić information content (AvgIpc) is 2.02. The quantitative estimate of drug-likeness (QED) is 0.730. The zero-order valence-electron chi connectivity index (χ0n) is 6.57. The number of rotatable bonds is 1. The summed E-state index contributed by atoms with van der Waals surface area (Å²) in [6.45, 7) is 0. The molecule has 0 bridgehead atoms. The second-order valence-corrected chi connectivity index (χ2v) is 3.17. The first-order valence-electron chi connectivity index (χ1n) is 3.37. The van der Waals surface area contributed by atoms with Gasteiger partial charge >= 0.3 is 6.18 Å². The van der Waals surface area contributed by atoms with E-state index in [9.17, 15) is 13.2 Å². The van der Waals surface area contributed by atoms with Crippen molar-refractivity contribution in [3.05, 3.63) is 34.1 Å². The van der Waals surface area contributed by atoms with E-state index >= 15 is 0 Å². The number of alkyl halides is 3. The van der Waals surface area contributed by atoms with E-state index in [-0.39, 0.29) is 10.6 Å². The minimum atomic E-state index is -4.55. The van der Waals surface area contributed by atoms with E-state index in [4.69, 9.17) is 23.2 Å². The van der Waals surface area contributed by atoms with Crippen LogP contribution in [-0.2, 0) is 0 Å². The van der Waals surface area contributed by atoms with Crippen molar-refractivity contribution in [1.29, 1.82) is 0 Å². The van der Waals surface area contributed by atoms with E-state index in [0.717, 1.165) is 6.08 Å². The number of halogens is 5. The minimum absolute atomic E-state index is 0.130. The number of hydrogen-bond acceptors (Lipinski definition) is 1. The highest BCUT2D eigenvalue weighted by Crippen LogP contribution is 2.30. The van der Waals surface area contributed by atoms with Crippen LogP contribution in [0.3, 0.4) is 0 Å². The van der Waals surface area contributed by atoms with E-state index in [0.29, 0.717) is 0 Å². The van der Waals surface area contributed by atoms with Crippen LogP contribution in [0.2, 0.25) is 5.02 Å². The van der Waals surface area contributed by atoms with Crippen LogP contribution in [0.15, 0.2) is 17.3 Å². The molecule has 0 amide bonds. The van der Waals surface area contributed by atoms with E-state index in [2.05, 4.69) is 11.2 Å². The molecule has 1 nitrogen and oxygen atoms in total. The van der Waals surface area contributed by atoms with Gasteiger partial charge in [0.1, 0.15) is 11.2 Å². The van der Waals surface area contributed by atoms with Crippen molar-refractivity contribution >= 4 is 29.3 Å². The van der Waals surface area contributed by atoms with Crippen LogP contribution in [0.5, 0.6) is 0 Å². The lowest BCUT2D eigenvalue weighted by Gasteiger charge is -2.03. The Hall–Kier alpha value is -0.740. The lowest BCUT2D eigenvalue weighted by molar-refractivity contribution is -0.0836. The number of allylic oxidation sites excluding steroid dienone is 1. The number of nitrogens with zero attached hydrogens (tertiary/aromatic N) is 1. The molecule has 0 spiro atoms. The molecule has 75 valence electrons. The highest BCUT2D eigenvalue weighted by Gasteiger charge is 2.32. The summed E-state index contributed by atoms with van der Waals surface area (Å²) in [6.07, 6.45) is -0.278. The number of pyridine rings is 1. The molecular weight excluding hydrogens is 238 g/mol. The smallest absolute Gasteiger partial charge is 0.252 e. The van der Waals surface area contributed by atoms with E-state index < -0.39 is 11.2 Å². The van der Waals surface area contributed by atoms with Crippen LogP contribution >= 0.6 is 23.2 Å². The van der Waals surface area contributed by atoms with Crippen molar-refractivity contribution < 1.29 is 13.2 Å². The number of aromatic nitrogens is 1. The van der Waals surface area contributed by atoms with Crippen molar-refractivity contribution in [2.75, 3.05) is 0 Å². The average molecular weight is 241 g/mol. The van der Waals surface area contributed by atoms with Crippen LogP contribution < -0.4 is 0 Å². The van der Waals surface area contributed by atoms with Gasteiger partial charge in [-0.25, -0.2) is 0 Å². The highest BCUT2D eigenvalue weighted by atomic mass is 35.5. The van der Waals surface area contributed by atoms with Gasteiger partial charge < -0.3 is 0 Å². The summed E-state index contributed by atoms with van der Waals surface area (Å²) in [6, 6.07) is 1.28. The first-order valence-corrected chi connectivity index (χ1v) is 4.13. The van der Waals surface area contributed by atoms with Gasteiger partial charge in [-0.15, -0.1) is 0 Å². The van der Waals surface area contributed by atoms with Gasteiger partial charge in [0.15, 0.2) is 0 Å². The van der Waals surface area contributed by atoms with Crippen LogP contribution in [0.4, 0.5) is 13.2 Å². The van der Waals surface area contributed by atoms with Gasteiger partial charge in [-0.05, 0) is 17.7 Å². The second kappa shape index (κ2) is 4.19. The van der Waals surface area contributed by atoms with Crippen molar-refractivity contribution in [2.24, 2.45) is 0 Å². The fourth-order valence-electron chi connectivity index (χ4n) is 0.691. The number of hydrogen-bond donors (Lipinski definition) is 0. The molecule has 6 heteroatoms. The topological polar surface area (TPSA) is 12.9 Å².